The number of aromatic nitrogens is 5. The van der Waals surface area contributed by atoms with Crippen LogP contribution in [0.4, 0.5) is 10.2 Å². The summed E-state index contributed by atoms with van der Waals surface area (Å²) in [5.41, 5.74) is 11.2. The number of halogens is 1. The van der Waals surface area contributed by atoms with Gasteiger partial charge in [-0.3, -0.25) is 4.68 Å². The van der Waals surface area contributed by atoms with Gasteiger partial charge >= 0.3 is 0 Å². The first-order chi connectivity index (χ1) is 24.4. The Morgan fingerprint density at radius 1 is 1.14 bits per heavy atom. The summed E-state index contributed by atoms with van der Waals surface area (Å²) in [6, 6.07) is 10.9. The lowest BCUT2D eigenvalue weighted by Crippen LogP contribution is -2.53. The van der Waals surface area contributed by atoms with Crippen molar-refractivity contribution in [3.8, 4) is 34.8 Å². The molecule has 2 unspecified atom stereocenters. The number of nitrogen functional groups attached to an aromatic ring is 1. The van der Waals surface area contributed by atoms with Gasteiger partial charge in [-0.15, -0.1) is 0 Å². The molecule has 1 aliphatic carbocycles. The van der Waals surface area contributed by atoms with Gasteiger partial charge in [0.15, 0.2) is 17.3 Å². The lowest BCUT2D eigenvalue weighted by atomic mass is 9.76. The average Bonchev–Trinajstić information content (AvgIpc) is 3.65. The van der Waals surface area contributed by atoms with Gasteiger partial charge in [0.1, 0.15) is 41.1 Å². The Balaban J connectivity index is 1.32. The fourth-order valence-corrected chi connectivity index (χ4v) is 7.83. The standard InChI is InChI=1S/C38H41FN10O2/c1-22(27(15-40)35-29(45-48(5)30(35)16-41)14-37(3)20-47(4)21-37)19-49-31(17-42)34-24-12-33(36(43)44-18-24)50-23(2)26-13-25(39)6-7-32(26)51-38(10-11-38)9-8-28(34)46-49/h6-7,12-13,15,18-19,23,27,40H,8-11,14,20-21H2,1-5H3,(H2,43,44)/b22-19+,40-15?. The lowest BCUT2D eigenvalue weighted by molar-refractivity contribution is 0.0387. The van der Waals surface area contributed by atoms with Gasteiger partial charge < -0.3 is 25.5 Å². The summed E-state index contributed by atoms with van der Waals surface area (Å²) in [4.78, 5) is 6.67. The molecule has 1 saturated carbocycles. The molecule has 51 heavy (non-hydrogen) atoms. The van der Waals surface area contributed by atoms with E-state index in [9.17, 15) is 14.9 Å². The van der Waals surface area contributed by atoms with Gasteiger partial charge in [0.2, 0.25) is 0 Å². The van der Waals surface area contributed by atoms with Crippen LogP contribution in [-0.2, 0) is 19.9 Å². The predicted octanol–water partition coefficient (Wildman–Crippen LogP) is 5.93. The molecule has 5 heterocycles. The minimum absolute atomic E-state index is 0.0173. The van der Waals surface area contributed by atoms with Crippen LogP contribution in [0.15, 0.2) is 36.0 Å². The molecule has 2 bridgehead atoms. The van der Waals surface area contributed by atoms with E-state index in [2.05, 4.69) is 36.0 Å². The molecule has 1 spiro atoms. The van der Waals surface area contributed by atoms with E-state index in [1.165, 1.54) is 18.3 Å². The van der Waals surface area contributed by atoms with Crippen LogP contribution in [0.2, 0.25) is 0 Å². The molecule has 262 valence electrons. The quantitative estimate of drug-likeness (QED) is 0.233. The zero-order valence-electron chi connectivity index (χ0n) is 29.5. The van der Waals surface area contributed by atoms with Gasteiger partial charge in [-0.05, 0) is 88.3 Å². The Morgan fingerprint density at radius 2 is 1.88 bits per heavy atom. The molecule has 13 heteroatoms. The van der Waals surface area contributed by atoms with Gasteiger partial charge in [0.05, 0.1) is 11.4 Å². The number of allylic oxidation sites excluding steroid dienone is 1. The molecule has 1 aromatic carbocycles. The molecular formula is C38H41FN10O2. The molecule has 7 rings (SSSR count). The predicted molar refractivity (Wildman–Crippen MR) is 190 cm³/mol. The van der Waals surface area contributed by atoms with Crippen LogP contribution in [0.3, 0.4) is 0 Å². The Labute approximate surface area is 296 Å². The van der Waals surface area contributed by atoms with Crippen LogP contribution in [0.5, 0.6) is 11.5 Å². The van der Waals surface area contributed by atoms with Crippen molar-refractivity contribution in [2.24, 2.45) is 12.5 Å². The smallest absolute Gasteiger partial charge is 0.166 e. The van der Waals surface area contributed by atoms with Gasteiger partial charge in [-0.2, -0.15) is 20.7 Å². The third-order valence-electron chi connectivity index (χ3n) is 10.4. The first-order valence-corrected chi connectivity index (χ1v) is 17.1. The highest BCUT2D eigenvalue weighted by atomic mass is 19.1. The van der Waals surface area contributed by atoms with E-state index < -0.39 is 23.4 Å². The van der Waals surface area contributed by atoms with E-state index in [0.717, 1.165) is 37.2 Å². The highest BCUT2D eigenvalue weighted by Crippen LogP contribution is 2.47. The van der Waals surface area contributed by atoms with Gasteiger partial charge in [-0.1, -0.05) is 6.92 Å². The molecule has 2 fully saturated rings. The van der Waals surface area contributed by atoms with Gasteiger partial charge in [0, 0.05) is 66.9 Å². The number of ether oxygens (including phenoxy) is 2. The van der Waals surface area contributed by atoms with E-state index >= 15 is 0 Å². The Morgan fingerprint density at radius 3 is 2.55 bits per heavy atom. The first-order valence-electron chi connectivity index (χ1n) is 17.1. The van der Waals surface area contributed by atoms with Gasteiger partial charge in [0.25, 0.3) is 0 Å². The number of hydrogen-bond acceptors (Lipinski definition) is 10. The third kappa shape index (κ3) is 6.23. The molecule has 3 aromatic heterocycles. The monoisotopic (exact) mass is 688 g/mol. The maximum atomic E-state index is 14.4. The van der Waals surface area contributed by atoms with Crippen molar-refractivity contribution >= 4 is 18.2 Å². The summed E-state index contributed by atoms with van der Waals surface area (Å²) in [6.45, 7) is 7.74. The number of benzene rings is 1. The number of nitrogens with two attached hydrogens (primary N) is 1. The summed E-state index contributed by atoms with van der Waals surface area (Å²) in [5, 5.41) is 39.1. The van der Waals surface area contributed by atoms with Crippen molar-refractivity contribution in [3.63, 3.8) is 0 Å². The van der Waals surface area contributed by atoms with E-state index in [1.807, 2.05) is 6.92 Å². The second-order valence-corrected chi connectivity index (χ2v) is 14.7. The molecule has 12 nitrogen and oxygen atoms in total. The van der Waals surface area contributed by atoms with Crippen LogP contribution in [0.1, 0.15) is 86.0 Å². The van der Waals surface area contributed by atoms with Crippen LogP contribution in [-0.4, -0.2) is 61.4 Å². The number of nitrogens with zero attached hydrogens (tertiary/aromatic N) is 8. The Kier molecular flexibility index (Phi) is 8.43. The van der Waals surface area contributed by atoms with Crippen LogP contribution in [0.25, 0.3) is 17.3 Å². The average molecular weight is 689 g/mol. The fourth-order valence-electron chi connectivity index (χ4n) is 7.83. The van der Waals surface area contributed by atoms with Crippen molar-refractivity contribution in [2.45, 2.75) is 70.5 Å². The number of pyridine rings is 1. The van der Waals surface area contributed by atoms with Crippen molar-refractivity contribution in [2.75, 3.05) is 25.9 Å². The largest absolute Gasteiger partial charge is 0.487 e. The SMILES string of the molecule is C/C(=C\n1nc2c(c1C#N)-c1cnc(N)c(c1)OC(C)c1cc(F)ccc1OC1(CC2)CC1)C(C=N)c1c(CC2(C)CN(C)C2)nn(C)c1C#N. The summed E-state index contributed by atoms with van der Waals surface area (Å²) in [7, 11) is 3.84. The van der Waals surface area contributed by atoms with Crippen LogP contribution >= 0.6 is 0 Å². The summed E-state index contributed by atoms with van der Waals surface area (Å²) in [6.07, 6.45) is 7.51. The molecule has 3 N–H and O–H groups in total. The van der Waals surface area contributed by atoms with Crippen LogP contribution < -0.4 is 15.2 Å². The van der Waals surface area contributed by atoms with Gasteiger partial charge in [-0.25, -0.2) is 14.1 Å². The minimum atomic E-state index is -0.615. The van der Waals surface area contributed by atoms with E-state index in [-0.39, 0.29) is 22.7 Å². The number of fused-ring (bicyclic) bond motifs is 5. The summed E-state index contributed by atoms with van der Waals surface area (Å²) < 4.78 is 30.5. The molecule has 1 saturated heterocycles. The van der Waals surface area contributed by atoms with E-state index in [0.29, 0.717) is 58.7 Å². The van der Waals surface area contributed by atoms with Crippen molar-refractivity contribution in [3.05, 3.63) is 75.8 Å². The molecule has 2 aliphatic heterocycles. The summed E-state index contributed by atoms with van der Waals surface area (Å²) in [5.74, 6) is 0.0180. The number of likely N-dealkylation sites (tertiary alicyclic amines) is 1. The lowest BCUT2D eigenvalue weighted by Gasteiger charge is -2.46. The normalized spacial score (nSPS) is 19.7. The zero-order valence-corrected chi connectivity index (χ0v) is 29.5. The molecular weight excluding hydrogens is 647 g/mol. The first kappa shape index (κ1) is 33.9. The maximum absolute atomic E-state index is 14.4. The van der Waals surface area contributed by atoms with Crippen LogP contribution in [0, 0.1) is 39.3 Å². The number of hydrogen-bond donors (Lipinski definition) is 2. The van der Waals surface area contributed by atoms with Crippen molar-refractivity contribution < 1.29 is 13.9 Å². The number of nitrogens with one attached hydrogen (secondary N) is 1. The Hall–Kier alpha value is -5.53. The molecule has 0 radical (unpaired) electrons. The molecule has 3 aliphatic rings. The van der Waals surface area contributed by atoms with Crippen molar-refractivity contribution in [1.82, 2.24) is 29.4 Å². The van der Waals surface area contributed by atoms with Crippen molar-refractivity contribution in [1.29, 1.82) is 15.9 Å². The zero-order chi connectivity index (χ0) is 36.2. The molecule has 0 amide bonds. The van der Waals surface area contributed by atoms with E-state index in [1.54, 1.807) is 47.9 Å². The highest BCUT2D eigenvalue weighted by molar-refractivity contribution is 5.76. The number of rotatable bonds is 6. The number of nitriles is 2. The second kappa shape index (κ2) is 12.7. The number of anilines is 1. The van der Waals surface area contributed by atoms with E-state index in [4.69, 9.17) is 30.8 Å². The molecule has 2 atom stereocenters. The topological polar surface area (TPSA) is 168 Å². The third-order valence-corrected chi connectivity index (χ3v) is 10.4. The second-order valence-electron chi connectivity index (χ2n) is 14.7. The maximum Gasteiger partial charge on any atom is 0.166 e. The fraction of sp³-hybridized carbons (Fsp3) is 0.421. The summed E-state index contributed by atoms with van der Waals surface area (Å²) >= 11 is 0. The Bertz CT molecular complexity index is 2160. The number of aryl methyl sites for hydroxylation is 2. The molecule has 4 aromatic rings. The highest BCUT2D eigenvalue weighted by Gasteiger charge is 2.46. The minimum Gasteiger partial charge on any atom is -0.487 e.